The van der Waals surface area contributed by atoms with E-state index in [4.69, 9.17) is 0 Å². The number of benzene rings is 4. The van der Waals surface area contributed by atoms with Crippen LogP contribution in [-0.4, -0.2) is 25.9 Å². The molecule has 0 aromatic heterocycles. The molecule has 4 fully saturated rings. The zero-order valence-electron chi connectivity index (χ0n) is 35.9. The predicted molar refractivity (Wildman–Crippen MR) is 240 cm³/mol. The van der Waals surface area contributed by atoms with E-state index in [0.29, 0.717) is 27.5 Å². The molecule has 4 aliphatic carbocycles. The molecule has 8 rings (SSSR count). The van der Waals surface area contributed by atoms with Crippen LogP contribution < -0.4 is 0 Å². The van der Waals surface area contributed by atoms with Gasteiger partial charge in [0.15, 0.2) is 0 Å². The summed E-state index contributed by atoms with van der Waals surface area (Å²) in [6.07, 6.45) is 20.9. The molecule has 0 radical (unpaired) electrons. The van der Waals surface area contributed by atoms with Crippen molar-refractivity contribution in [1.82, 2.24) is 0 Å². The first-order valence-electron chi connectivity index (χ1n) is 22.7. The topological polar surface area (TPSA) is 109 Å². The SMILES string of the molecule is CC(C)CCC[C@@H](C)[C@H]1CC[C@H]2[C@@H]3CC[C@H]4C[C@@H](CCC=C(c5cccc6cc(S(=O)(=O)O)ccc56)c5cccc6cc(S(=O)(=O)O)ccc56)CC[C@]4(C)[C@H]3CC[C@]12C. The van der Waals surface area contributed by atoms with Gasteiger partial charge in [-0.15, -0.1) is 0 Å². The van der Waals surface area contributed by atoms with E-state index in [1.54, 1.807) is 12.1 Å². The lowest BCUT2D eigenvalue weighted by Crippen LogP contribution is -2.53. The predicted octanol–water partition coefficient (Wildman–Crippen LogP) is 13.4. The van der Waals surface area contributed by atoms with Crippen LogP contribution >= 0.6 is 0 Å². The van der Waals surface area contributed by atoms with Crippen LogP contribution in [0.25, 0.3) is 27.1 Å². The molecule has 0 bridgehead atoms. The second-order valence-corrected chi connectivity index (χ2v) is 23.2. The first kappa shape index (κ1) is 42.6. The van der Waals surface area contributed by atoms with Gasteiger partial charge in [-0.25, -0.2) is 0 Å². The highest BCUT2D eigenvalue weighted by Crippen LogP contribution is 2.69. The smallest absolute Gasteiger partial charge is 0.282 e. The average molecular weight is 839 g/mol. The Bertz CT molecular complexity index is 2340. The molecule has 4 aromatic rings. The molecule has 0 unspecified atom stereocenters. The van der Waals surface area contributed by atoms with Crippen LogP contribution in [0.2, 0.25) is 0 Å². The van der Waals surface area contributed by atoms with Gasteiger partial charge in [0, 0.05) is 0 Å². The van der Waals surface area contributed by atoms with Crippen LogP contribution in [0.5, 0.6) is 0 Å². The molecule has 4 aromatic carbocycles. The van der Waals surface area contributed by atoms with Crippen molar-refractivity contribution < 1.29 is 25.9 Å². The largest absolute Gasteiger partial charge is 0.294 e. The Morgan fingerprint density at radius 2 is 1.31 bits per heavy atom. The maximum absolute atomic E-state index is 12.0. The van der Waals surface area contributed by atoms with Gasteiger partial charge in [-0.3, -0.25) is 9.11 Å². The van der Waals surface area contributed by atoms with Crippen molar-refractivity contribution in [3.05, 3.63) is 90.0 Å². The number of fused-ring (bicyclic) bond motifs is 7. The van der Waals surface area contributed by atoms with E-state index < -0.39 is 20.2 Å². The highest BCUT2D eigenvalue weighted by molar-refractivity contribution is 7.86. The first-order valence-corrected chi connectivity index (χ1v) is 25.6. The van der Waals surface area contributed by atoms with E-state index >= 15 is 0 Å². The summed E-state index contributed by atoms with van der Waals surface area (Å²) in [5.41, 5.74) is 3.84. The highest BCUT2D eigenvalue weighted by Gasteiger charge is 2.60. The van der Waals surface area contributed by atoms with E-state index in [9.17, 15) is 25.9 Å². The maximum atomic E-state index is 12.0. The first-order chi connectivity index (χ1) is 28.0. The maximum Gasteiger partial charge on any atom is 0.294 e. The Morgan fingerprint density at radius 3 is 1.90 bits per heavy atom. The molecule has 2 N–H and O–H groups in total. The molecule has 0 saturated heterocycles. The Kier molecular flexibility index (Phi) is 11.8. The molecular weight excluding hydrogens is 773 g/mol. The average Bonchev–Trinajstić information content (AvgIpc) is 3.55. The van der Waals surface area contributed by atoms with Crippen molar-refractivity contribution in [3.63, 3.8) is 0 Å². The quantitative estimate of drug-likeness (QED) is 0.138. The lowest BCUT2D eigenvalue weighted by molar-refractivity contribution is -0.121. The highest BCUT2D eigenvalue weighted by atomic mass is 32.2. The van der Waals surface area contributed by atoms with Crippen LogP contribution in [0.1, 0.15) is 136 Å². The fourth-order valence-electron chi connectivity index (χ4n) is 13.8. The van der Waals surface area contributed by atoms with Crippen LogP contribution in [0.4, 0.5) is 0 Å². The molecule has 59 heavy (non-hydrogen) atoms. The van der Waals surface area contributed by atoms with Gasteiger partial charge >= 0.3 is 0 Å². The van der Waals surface area contributed by atoms with Gasteiger partial charge in [-0.05, 0) is 191 Å². The Morgan fingerprint density at radius 1 is 0.712 bits per heavy atom. The minimum Gasteiger partial charge on any atom is -0.282 e. The van der Waals surface area contributed by atoms with E-state index in [1.807, 2.05) is 36.4 Å². The van der Waals surface area contributed by atoms with E-state index in [2.05, 4.69) is 40.7 Å². The summed E-state index contributed by atoms with van der Waals surface area (Å²) in [4.78, 5) is -0.295. The monoisotopic (exact) mass is 838 g/mol. The molecule has 0 spiro atoms. The fourth-order valence-corrected chi connectivity index (χ4v) is 14.8. The van der Waals surface area contributed by atoms with Gasteiger partial charge < -0.3 is 0 Å². The van der Waals surface area contributed by atoms with Gasteiger partial charge in [-0.1, -0.05) is 108 Å². The normalized spacial score (nSPS) is 30.2. The third-order valence-corrected chi connectivity index (χ3v) is 18.5. The molecule has 318 valence electrons. The van der Waals surface area contributed by atoms with Gasteiger partial charge in [-0.2, -0.15) is 16.8 Å². The van der Waals surface area contributed by atoms with E-state index in [0.717, 1.165) is 81.7 Å². The summed E-state index contributed by atoms with van der Waals surface area (Å²) >= 11 is 0. The molecular formula is C51H66O6S2. The number of allylic oxidation sites excluding steroid dienone is 1. The molecule has 6 nitrogen and oxygen atoms in total. The number of hydrogen-bond acceptors (Lipinski definition) is 4. The van der Waals surface area contributed by atoms with Crippen molar-refractivity contribution in [1.29, 1.82) is 0 Å². The number of hydrogen-bond donors (Lipinski definition) is 2. The minimum atomic E-state index is -4.37. The molecule has 8 heteroatoms. The summed E-state index contributed by atoms with van der Waals surface area (Å²) in [6, 6.07) is 21.1. The van der Waals surface area contributed by atoms with Crippen molar-refractivity contribution in [3.8, 4) is 0 Å². The Hall–Kier alpha value is -3.04. The lowest BCUT2D eigenvalue weighted by atomic mass is 9.44. The van der Waals surface area contributed by atoms with E-state index in [1.165, 1.54) is 101 Å². The zero-order chi connectivity index (χ0) is 41.9. The van der Waals surface area contributed by atoms with Gasteiger partial charge in [0.1, 0.15) is 0 Å². The second-order valence-electron chi connectivity index (χ2n) is 20.4. The van der Waals surface area contributed by atoms with Crippen molar-refractivity contribution in [2.45, 2.75) is 134 Å². The third-order valence-electron chi connectivity index (χ3n) is 16.8. The van der Waals surface area contributed by atoms with Gasteiger partial charge in [0.2, 0.25) is 0 Å². The zero-order valence-corrected chi connectivity index (χ0v) is 37.5. The van der Waals surface area contributed by atoms with Gasteiger partial charge in [0.25, 0.3) is 20.2 Å². The van der Waals surface area contributed by atoms with Crippen molar-refractivity contribution >= 4 is 47.4 Å². The minimum absolute atomic E-state index is 0.147. The van der Waals surface area contributed by atoms with Gasteiger partial charge in [0.05, 0.1) is 9.79 Å². The summed E-state index contributed by atoms with van der Waals surface area (Å²) in [5.74, 6) is 6.65. The standard InChI is InChI=1S/C51H66O6S2/c1-33(2)10-6-11-34(3)47-24-25-48-46-21-18-38-30-35(26-28-50(38,4)49(46)27-29-51(47,48)5)12-7-15-45(43-16-8-13-36-31-39(58(52,53)54)19-22-41(36)43)44-17-9-14-37-32-40(59(55,56)57)20-23-42(37)44/h8-9,13-17,19-20,22-23,31-35,38,46-49H,6-7,10-12,18,21,24-30H2,1-5H3,(H,52,53,54)(H,55,56,57)/t34-,35+,38+,46+,47-,48+,49+,50+,51-/m1/s1. The Labute approximate surface area is 354 Å². The van der Waals surface area contributed by atoms with Crippen molar-refractivity contribution in [2.24, 2.45) is 58.2 Å². The van der Waals surface area contributed by atoms with Crippen LogP contribution in [-0.2, 0) is 20.2 Å². The fraction of sp³-hybridized carbons (Fsp3) is 0.569. The summed E-state index contributed by atoms with van der Waals surface area (Å²) in [7, 11) is -8.75. The van der Waals surface area contributed by atoms with Crippen LogP contribution in [0.15, 0.2) is 88.7 Å². The van der Waals surface area contributed by atoms with Crippen molar-refractivity contribution in [2.75, 3.05) is 0 Å². The summed E-state index contributed by atoms with van der Waals surface area (Å²) in [5, 5.41) is 3.13. The third kappa shape index (κ3) is 8.22. The summed E-state index contributed by atoms with van der Waals surface area (Å²) < 4.78 is 67.8. The molecule has 0 aliphatic heterocycles. The summed E-state index contributed by atoms with van der Waals surface area (Å²) in [6.45, 7) is 12.7. The molecule has 4 aliphatic rings. The van der Waals surface area contributed by atoms with E-state index in [-0.39, 0.29) is 9.79 Å². The van der Waals surface area contributed by atoms with Crippen LogP contribution in [0, 0.1) is 58.2 Å². The van der Waals surface area contributed by atoms with Crippen LogP contribution in [0.3, 0.4) is 0 Å². The number of rotatable bonds is 12. The molecule has 0 heterocycles. The molecule has 9 atom stereocenters. The Balaban J connectivity index is 1.02. The molecule has 4 saturated carbocycles. The molecule has 0 amide bonds. The lowest BCUT2D eigenvalue weighted by Gasteiger charge is -2.61. The second kappa shape index (κ2) is 16.3.